The molecule has 1 amide bonds. The minimum atomic E-state index is -0.239. The average molecular weight is 246 g/mol. The van der Waals surface area contributed by atoms with Crippen molar-refractivity contribution < 1.29 is 4.79 Å². The molecule has 2 rings (SSSR count). The molecule has 2 aromatic rings. The third-order valence-corrected chi connectivity index (χ3v) is 2.36. The predicted molar refractivity (Wildman–Crippen MR) is 66.2 cm³/mol. The van der Waals surface area contributed by atoms with E-state index >= 15 is 0 Å². The zero-order valence-electron chi connectivity index (χ0n) is 9.97. The molecule has 0 aromatic carbocycles. The normalized spacial score (nSPS) is 10.1. The van der Waals surface area contributed by atoms with E-state index in [2.05, 4.69) is 30.8 Å². The summed E-state index contributed by atoms with van der Waals surface area (Å²) in [5.74, 6) is 1.23. The molecule has 0 saturated carbocycles. The Bertz CT molecular complexity index is 493. The highest BCUT2D eigenvalue weighted by Gasteiger charge is 2.07. The Morgan fingerprint density at radius 3 is 2.89 bits per heavy atom. The van der Waals surface area contributed by atoms with Crippen molar-refractivity contribution in [2.24, 2.45) is 0 Å². The van der Waals surface area contributed by atoms with Crippen LogP contribution in [-0.4, -0.2) is 39.7 Å². The summed E-state index contributed by atoms with van der Waals surface area (Å²) in [6.07, 6.45) is 4.08. The minimum absolute atomic E-state index is 0.239. The molecule has 0 fully saturated rings. The highest BCUT2D eigenvalue weighted by atomic mass is 16.1. The number of amides is 1. The number of nitrogens with zero attached hydrogens (tertiary/aromatic N) is 3. The van der Waals surface area contributed by atoms with Crippen LogP contribution < -0.4 is 10.6 Å². The second-order valence-electron chi connectivity index (χ2n) is 3.60. The van der Waals surface area contributed by atoms with Gasteiger partial charge in [-0.2, -0.15) is 0 Å². The molecular weight excluding hydrogens is 232 g/mol. The lowest BCUT2D eigenvalue weighted by atomic mass is 10.3. The van der Waals surface area contributed by atoms with E-state index in [1.807, 2.05) is 0 Å². The molecule has 18 heavy (non-hydrogen) atoms. The maximum atomic E-state index is 11.7. The monoisotopic (exact) mass is 246 g/mol. The maximum Gasteiger partial charge on any atom is 0.271 e. The van der Waals surface area contributed by atoms with Crippen LogP contribution in [0, 0.1) is 0 Å². The molecule has 94 valence electrons. The number of imidazole rings is 1. The molecule has 0 atom stereocenters. The second kappa shape index (κ2) is 5.76. The third-order valence-electron chi connectivity index (χ3n) is 2.36. The summed E-state index contributed by atoms with van der Waals surface area (Å²) >= 11 is 0. The van der Waals surface area contributed by atoms with Gasteiger partial charge in [-0.1, -0.05) is 0 Å². The van der Waals surface area contributed by atoms with Crippen molar-refractivity contribution in [3.8, 4) is 0 Å². The molecule has 7 heteroatoms. The van der Waals surface area contributed by atoms with E-state index in [4.69, 9.17) is 0 Å². The van der Waals surface area contributed by atoms with Crippen LogP contribution in [0.3, 0.4) is 0 Å². The van der Waals surface area contributed by atoms with Gasteiger partial charge in [0.2, 0.25) is 0 Å². The third kappa shape index (κ3) is 3.03. The Labute approximate surface area is 104 Å². The molecule has 3 N–H and O–H groups in total. The highest BCUT2D eigenvalue weighted by Crippen LogP contribution is 2.00. The molecule has 0 bridgehead atoms. The van der Waals surface area contributed by atoms with Gasteiger partial charge < -0.3 is 15.6 Å². The molecule has 2 aromatic heterocycles. The molecule has 0 radical (unpaired) electrons. The number of nitrogens with one attached hydrogen (secondary N) is 3. The molecule has 0 spiro atoms. The van der Waals surface area contributed by atoms with Crippen molar-refractivity contribution in [3.05, 3.63) is 36.0 Å². The summed E-state index contributed by atoms with van der Waals surface area (Å²) < 4.78 is 0. The summed E-state index contributed by atoms with van der Waals surface area (Å²) in [5, 5.41) is 13.2. The van der Waals surface area contributed by atoms with Crippen molar-refractivity contribution in [1.29, 1.82) is 0 Å². The van der Waals surface area contributed by atoms with Crippen LogP contribution in [-0.2, 0) is 6.42 Å². The van der Waals surface area contributed by atoms with Crippen LogP contribution in [0.1, 0.15) is 16.3 Å². The molecular formula is C11H14N6O. The molecule has 0 aliphatic heterocycles. The fraction of sp³-hybridized carbons (Fsp3) is 0.273. The molecule has 0 aliphatic rings. The SMILES string of the molecule is CNc1ccc(C(=O)NCCc2ncc[nH]2)nn1. The van der Waals surface area contributed by atoms with Gasteiger partial charge in [0, 0.05) is 32.4 Å². The summed E-state index contributed by atoms with van der Waals surface area (Å²) in [6, 6.07) is 3.33. The fourth-order valence-corrected chi connectivity index (χ4v) is 1.41. The van der Waals surface area contributed by atoms with Crippen LogP contribution in [0.25, 0.3) is 0 Å². The second-order valence-corrected chi connectivity index (χ2v) is 3.60. The quantitative estimate of drug-likeness (QED) is 0.701. The lowest BCUT2D eigenvalue weighted by Gasteiger charge is -2.03. The zero-order chi connectivity index (χ0) is 12.8. The number of anilines is 1. The van der Waals surface area contributed by atoms with E-state index in [1.54, 1.807) is 31.6 Å². The van der Waals surface area contributed by atoms with Gasteiger partial charge >= 0.3 is 0 Å². The molecule has 0 saturated heterocycles. The van der Waals surface area contributed by atoms with E-state index in [9.17, 15) is 4.79 Å². The lowest BCUT2D eigenvalue weighted by Crippen LogP contribution is -2.27. The molecule has 2 heterocycles. The van der Waals surface area contributed by atoms with Gasteiger partial charge in [0.1, 0.15) is 11.6 Å². The summed E-state index contributed by atoms with van der Waals surface area (Å²) in [7, 11) is 1.74. The number of carbonyl (C=O) groups is 1. The first-order valence-corrected chi connectivity index (χ1v) is 5.57. The number of aromatic amines is 1. The van der Waals surface area contributed by atoms with Crippen molar-refractivity contribution in [2.75, 3.05) is 18.9 Å². The summed E-state index contributed by atoms with van der Waals surface area (Å²) in [5.41, 5.74) is 0.299. The van der Waals surface area contributed by atoms with E-state index in [0.29, 0.717) is 24.5 Å². The Morgan fingerprint density at radius 1 is 1.39 bits per heavy atom. The van der Waals surface area contributed by atoms with Crippen molar-refractivity contribution in [1.82, 2.24) is 25.5 Å². The molecule has 0 aliphatic carbocycles. The number of aromatic nitrogens is 4. The van der Waals surface area contributed by atoms with Crippen LogP contribution in [0.5, 0.6) is 0 Å². The Balaban J connectivity index is 1.83. The maximum absolute atomic E-state index is 11.7. The van der Waals surface area contributed by atoms with Crippen molar-refractivity contribution >= 4 is 11.7 Å². The van der Waals surface area contributed by atoms with Gasteiger partial charge in [0.25, 0.3) is 5.91 Å². The van der Waals surface area contributed by atoms with Crippen molar-refractivity contribution in [3.63, 3.8) is 0 Å². The Kier molecular flexibility index (Phi) is 3.85. The number of hydrogen-bond donors (Lipinski definition) is 3. The standard InChI is InChI=1S/C11H14N6O/c1-12-9-3-2-8(16-17-9)11(18)15-5-4-10-13-6-7-14-10/h2-3,6-7H,4-5H2,1H3,(H,12,17)(H,13,14)(H,15,18). The van der Waals surface area contributed by atoms with E-state index in [0.717, 1.165) is 5.82 Å². The Morgan fingerprint density at radius 2 is 2.28 bits per heavy atom. The van der Waals surface area contributed by atoms with E-state index in [1.165, 1.54) is 0 Å². The van der Waals surface area contributed by atoms with Gasteiger partial charge in [-0.3, -0.25) is 4.79 Å². The Hall–Kier alpha value is -2.44. The number of carbonyl (C=O) groups excluding carboxylic acids is 1. The van der Waals surface area contributed by atoms with Gasteiger partial charge in [0.15, 0.2) is 5.69 Å². The molecule has 0 unspecified atom stereocenters. The average Bonchev–Trinajstić information content (AvgIpc) is 2.92. The van der Waals surface area contributed by atoms with Crippen LogP contribution in [0.15, 0.2) is 24.5 Å². The van der Waals surface area contributed by atoms with Gasteiger partial charge in [-0.25, -0.2) is 4.98 Å². The van der Waals surface area contributed by atoms with Gasteiger partial charge in [-0.15, -0.1) is 10.2 Å². The topological polar surface area (TPSA) is 95.6 Å². The van der Waals surface area contributed by atoms with E-state index < -0.39 is 0 Å². The highest BCUT2D eigenvalue weighted by molar-refractivity contribution is 5.92. The number of rotatable bonds is 5. The summed E-state index contributed by atoms with van der Waals surface area (Å²) in [6.45, 7) is 0.502. The largest absolute Gasteiger partial charge is 0.372 e. The summed E-state index contributed by atoms with van der Waals surface area (Å²) in [4.78, 5) is 18.7. The van der Waals surface area contributed by atoms with Crippen LogP contribution >= 0.6 is 0 Å². The number of hydrogen-bond acceptors (Lipinski definition) is 5. The van der Waals surface area contributed by atoms with Crippen molar-refractivity contribution in [2.45, 2.75) is 6.42 Å². The van der Waals surface area contributed by atoms with E-state index in [-0.39, 0.29) is 5.91 Å². The number of H-pyrrole nitrogens is 1. The fourth-order valence-electron chi connectivity index (χ4n) is 1.41. The minimum Gasteiger partial charge on any atom is -0.372 e. The predicted octanol–water partition coefficient (Wildman–Crippen LogP) is 0.214. The first kappa shape index (κ1) is 12.0. The first-order valence-electron chi connectivity index (χ1n) is 5.57. The first-order chi connectivity index (χ1) is 8.79. The van der Waals surface area contributed by atoms with Crippen LogP contribution in [0.2, 0.25) is 0 Å². The smallest absolute Gasteiger partial charge is 0.271 e. The zero-order valence-corrected chi connectivity index (χ0v) is 9.97. The van der Waals surface area contributed by atoms with Gasteiger partial charge in [0.05, 0.1) is 0 Å². The lowest BCUT2D eigenvalue weighted by molar-refractivity contribution is 0.0948. The van der Waals surface area contributed by atoms with Gasteiger partial charge in [-0.05, 0) is 12.1 Å². The molecule has 7 nitrogen and oxygen atoms in total. The van der Waals surface area contributed by atoms with Crippen LogP contribution in [0.4, 0.5) is 5.82 Å².